The van der Waals surface area contributed by atoms with Crippen molar-refractivity contribution in [3.63, 3.8) is 0 Å². The summed E-state index contributed by atoms with van der Waals surface area (Å²) in [7, 11) is -3.77. The molecule has 2 rings (SSSR count). The zero-order chi connectivity index (χ0) is 19.7. The van der Waals surface area contributed by atoms with Crippen LogP contribution in [0.25, 0.3) is 0 Å². The van der Waals surface area contributed by atoms with E-state index < -0.39 is 15.9 Å². The average Bonchev–Trinajstić information content (AvgIpc) is 2.70. The topological polar surface area (TPSA) is 104 Å². The van der Waals surface area contributed by atoms with Crippen molar-refractivity contribution < 1.29 is 18.0 Å². The summed E-state index contributed by atoms with van der Waals surface area (Å²) in [5, 5.41) is 5.13. The molecule has 2 aromatic carbocycles. The second-order valence-electron chi connectivity index (χ2n) is 5.87. The van der Waals surface area contributed by atoms with Gasteiger partial charge < -0.3 is 10.6 Å². The maximum atomic E-state index is 12.5. The number of sulfonamides is 1. The standard InChI is InChI=1S/C19H23N3O4S/c1-2-11-20-18(23)14-21-19(24)16-9-6-10-17(12-16)27(25,26)22-13-15-7-4-3-5-8-15/h3-10,12,22H,2,11,13-14H2,1H3,(H,20,23)(H,21,24). The van der Waals surface area contributed by atoms with E-state index in [1.807, 2.05) is 37.3 Å². The first-order chi connectivity index (χ1) is 12.9. The first kappa shape index (κ1) is 20.6. The van der Waals surface area contributed by atoms with Crippen molar-refractivity contribution in [1.29, 1.82) is 0 Å². The molecule has 0 unspecified atom stereocenters. The summed E-state index contributed by atoms with van der Waals surface area (Å²) in [5.41, 5.74) is 0.994. The summed E-state index contributed by atoms with van der Waals surface area (Å²) in [4.78, 5) is 23.7. The van der Waals surface area contributed by atoms with Gasteiger partial charge in [0.15, 0.2) is 0 Å². The van der Waals surface area contributed by atoms with Crippen LogP contribution in [0.1, 0.15) is 29.3 Å². The predicted molar refractivity (Wildman–Crippen MR) is 103 cm³/mol. The zero-order valence-electron chi connectivity index (χ0n) is 15.1. The molecule has 0 heterocycles. The Morgan fingerprint density at radius 3 is 2.41 bits per heavy atom. The van der Waals surface area contributed by atoms with E-state index in [2.05, 4.69) is 15.4 Å². The van der Waals surface area contributed by atoms with Crippen molar-refractivity contribution in [2.24, 2.45) is 0 Å². The molecule has 0 aliphatic heterocycles. The number of nitrogens with one attached hydrogen (secondary N) is 3. The van der Waals surface area contributed by atoms with Gasteiger partial charge in [-0.05, 0) is 30.2 Å². The highest BCUT2D eigenvalue weighted by Crippen LogP contribution is 2.12. The molecule has 144 valence electrons. The molecule has 0 aromatic heterocycles. The fourth-order valence-corrected chi connectivity index (χ4v) is 3.31. The van der Waals surface area contributed by atoms with E-state index in [9.17, 15) is 18.0 Å². The van der Waals surface area contributed by atoms with Crippen molar-refractivity contribution in [3.05, 3.63) is 65.7 Å². The number of rotatable bonds is 9. The highest BCUT2D eigenvalue weighted by molar-refractivity contribution is 7.89. The lowest BCUT2D eigenvalue weighted by Crippen LogP contribution is -2.37. The van der Waals surface area contributed by atoms with Gasteiger partial charge >= 0.3 is 0 Å². The molecule has 0 spiro atoms. The van der Waals surface area contributed by atoms with Crippen LogP contribution < -0.4 is 15.4 Å². The summed E-state index contributed by atoms with van der Waals surface area (Å²) in [6, 6.07) is 14.8. The zero-order valence-corrected chi connectivity index (χ0v) is 15.9. The Kier molecular flexibility index (Phi) is 7.51. The van der Waals surface area contributed by atoms with E-state index >= 15 is 0 Å². The average molecular weight is 389 g/mol. The molecule has 0 aliphatic carbocycles. The molecule has 2 amide bonds. The van der Waals surface area contributed by atoms with Crippen molar-refractivity contribution >= 4 is 21.8 Å². The van der Waals surface area contributed by atoms with Crippen LogP contribution in [-0.4, -0.2) is 33.3 Å². The molecule has 8 heteroatoms. The Morgan fingerprint density at radius 2 is 1.70 bits per heavy atom. The molecule has 0 aliphatic rings. The lowest BCUT2D eigenvalue weighted by Gasteiger charge is -2.09. The molecule has 0 atom stereocenters. The minimum atomic E-state index is -3.77. The van der Waals surface area contributed by atoms with Gasteiger partial charge in [0.25, 0.3) is 5.91 Å². The van der Waals surface area contributed by atoms with Crippen LogP contribution in [0.5, 0.6) is 0 Å². The third-order valence-electron chi connectivity index (χ3n) is 3.70. The third kappa shape index (κ3) is 6.50. The maximum absolute atomic E-state index is 12.5. The molecular weight excluding hydrogens is 366 g/mol. The van der Waals surface area contributed by atoms with Crippen LogP contribution in [0.2, 0.25) is 0 Å². The van der Waals surface area contributed by atoms with E-state index in [-0.39, 0.29) is 29.5 Å². The lowest BCUT2D eigenvalue weighted by atomic mass is 10.2. The van der Waals surface area contributed by atoms with Crippen LogP contribution in [0.3, 0.4) is 0 Å². The van der Waals surface area contributed by atoms with Crippen LogP contribution in [0, 0.1) is 0 Å². The first-order valence-corrected chi connectivity index (χ1v) is 10.1. The fourth-order valence-electron chi connectivity index (χ4n) is 2.25. The predicted octanol–water partition coefficient (Wildman–Crippen LogP) is 1.42. The molecule has 7 nitrogen and oxygen atoms in total. The monoisotopic (exact) mass is 389 g/mol. The molecular formula is C19H23N3O4S. The second-order valence-corrected chi connectivity index (χ2v) is 7.64. The Morgan fingerprint density at radius 1 is 0.963 bits per heavy atom. The lowest BCUT2D eigenvalue weighted by molar-refractivity contribution is -0.120. The Balaban J connectivity index is 2.00. The molecule has 0 radical (unpaired) electrons. The van der Waals surface area contributed by atoms with Gasteiger partial charge in [-0.1, -0.05) is 43.3 Å². The minimum Gasteiger partial charge on any atom is -0.355 e. The fraction of sp³-hybridized carbons (Fsp3) is 0.263. The second kappa shape index (κ2) is 9.84. The van der Waals surface area contributed by atoms with Crippen molar-refractivity contribution in [1.82, 2.24) is 15.4 Å². The summed E-state index contributed by atoms with van der Waals surface area (Å²) >= 11 is 0. The first-order valence-electron chi connectivity index (χ1n) is 8.61. The quantitative estimate of drug-likeness (QED) is 0.603. The number of hydrogen-bond acceptors (Lipinski definition) is 4. The number of benzene rings is 2. The van der Waals surface area contributed by atoms with Gasteiger partial charge in [0.2, 0.25) is 15.9 Å². The largest absolute Gasteiger partial charge is 0.355 e. The van der Waals surface area contributed by atoms with E-state index in [4.69, 9.17) is 0 Å². The Bertz CT molecular complexity index is 883. The van der Waals surface area contributed by atoms with Gasteiger partial charge in [0.05, 0.1) is 11.4 Å². The molecule has 0 fully saturated rings. The molecule has 27 heavy (non-hydrogen) atoms. The highest BCUT2D eigenvalue weighted by Gasteiger charge is 2.16. The summed E-state index contributed by atoms with van der Waals surface area (Å²) in [5.74, 6) is -0.805. The van der Waals surface area contributed by atoms with Gasteiger partial charge in [-0.25, -0.2) is 13.1 Å². The SMILES string of the molecule is CCCNC(=O)CNC(=O)c1cccc(S(=O)(=O)NCc2ccccc2)c1. The van der Waals surface area contributed by atoms with Gasteiger partial charge in [-0.15, -0.1) is 0 Å². The third-order valence-corrected chi connectivity index (χ3v) is 5.10. The summed E-state index contributed by atoms with van der Waals surface area (Å²) < 4.78 is 27.4. The van der Waals surface area contributed by atoms with Gasteiger partial charge in [-0.2, -0.15) is 0 Å². The van der Waals surface area contributed by atoms with Crippen LogP contribution >= 0.6 is 0 Å². The smallest absolute Gasteiger partial charge is 0.251 e. The van der Waals surface area contributed by atoms with Crippen LogP contribution in [0.15, 0.2) is 59.5 Å². The Labute approximate surface area is 159 Å². The number of amides is 2. The van der Waals surface area contributed by atoms with E-state index in [0.29, 0.717) is 6.54 Å². The molecule has 2 aromatic rings. The number of hydrogen-bond donors (Lipinski definition) is 3. The maximum Gasteiger partial charge on any atom is 0.251 e. The van der Waals surface area contributed by atoms with E-state index in [1.165, 1.54) is 24.3 Å². The van der Waals surface area contributed by atoms with E-state index in [1.54, 1.807) is 0 Å². The normalized spacial score (nSPS) is 11.0. The van der Waals surface area contributed by atoms with Crippen LogP contribution in [0.4, 0.5) is 0 Å². The van der Waals surface area contributed by atoms with Gasteiger partial charge in [-0.3, -0.25) is 9.59 Å². The molecule has 0 bridgehead atoms. The highest BCUT2D eigenvalue weighted by atomic mass is 32.2. The Hall–Kier alpha value is -2.71. The summed E-state index contributed by atoms with van der Waals surface area (Å²) in [6.45, 7) is 2.45. The minimum absolute atomic E-state index is 0.0125. The van der Waals surface area contributed by atoms with Crippen molar-refractivity contribution in [3.8, 4) is 0 Å². The van der Waals surface area contributed by atoms with Crippen molar-refractivity contribution in [2.45, 2.75) is 24.8 Å². The number of carbonyl (C=O) groups is 2. The van der Waals surface area contributed by atoms with E-state index in [0.717, 1.165) is 12.0 Å². The molecule has 0 saturated carbocycles. The molecule has 0 saturated heterocycles. The van der Waals surface area contributed by atoms with Crippen LogP contribution in [-0.2, 0) is 21.4 Å². The van der Waals surface area contributed by atoms with Gasteiger partial charge in [0.1, 0.15) is 0 Å². The molecule has 3 N–H and O–H groups in total. The number of carbonyl (C=O) groups excluding carboxylic acids is 2. The summed E-state index contributed by atoms with van der Waals surface area (Å²) in [6.07, 6.45) is 0.801. The van der Waals surface area contributed by atoms with Gasteiger partial charge in [0, 0.05) is 18.7 Å². The van der Waals surface area contributed by atoms with Crippen molar-refractivity contribution in [2.75, 3.05) is 13.1 Å².